The molecule has 118 valence electrons. The molecule has 1 aliphatic heterocycles. The van der Waals surface area contributed by atoms with Crippen molar-refractivity contribution < 1.29 is 9.59 Å². The Balaban J connectivity index is 1.81. The molecule has 6 nitrogen and oxygen atoms in total. The molecule has 1 unspecified atom stereocenters. The quantitative estimate of drug-likeness (QED) is 0.911. The number of fused-ring (bicyclic) bond motifs is 1. The van der Waals surface area contributed by atoms with E-state index in [1.165, 1.54) is 4.90 Å². The minimum atomic E-state index is -0.369. The Hall–Kier alpha value is -2.89. The van der Waals surface area contributed by atoms with Crippen LogP contribution in [0.1, 0.15) is 12.5 Å². The molecule has 0 saturated heterocycles. The molecule has 0 fully saturated rings. The third-order valence-corrected chi connectivity index (χ3v) is 3.69. The fourth-order valence-corrected chi connectivity index (χ4v) is 2.57. The smallest absolute Gasteiger partial charge is 0.249 e. The lowest BCUT2D eigenvalue weighted by molar-refractivity contribution is -0.122. The van der Waals surface area contributed by atoms with E-state index in [0.29, 0.717) is 5.82 Å². The van der Waals surface area contributed by atoms with Crippen LogP contribution in [0.25, 0.3) is 0 Å². The van der Waals surface area contributed by atoms with Crippen LogP contribution >= 0.6 is 0 Å². The lowest BCUT2D eigenvalue weighted by Crippen LogP contribution is -2.48. The number of benzene rings is 1. The van der Waals surface area contributed by atoms with E-state index in [0.717, 1.165) is 16.9 Å². The molecule has 1 aliphatic rings. The van der Waals surface area contributed by atoms with Crippen molar-refractivity contribution in [2.24, 2.45) is 0 Å². The van der Waals surface area contributed by atoms with Crippen molar-refractivity contribution in [3.8, 4) is 0 Å². The number of carbonyl (C=O) groups is 2. The van der Waals surface area contributed by atoms with E-state index in [4.69, 9.17) is 0 Å². The molecule has 0 bridgehead atoms. The zero-order chi connectivity index (χ0) is 16.4. The van der Waals surface area contributed by atoms with Crippen molar-refractivity contribution >= 4 is 29.0 Å². The number of aromatic nitrogens is 1. The Labute approximate surface area is 134 Å². The van der Waals surface area contributed by atoms with Gasteiger partial charge in [-0.25, -0.2) is 4.98 Å². The molecule has 2 amide bonds. The lowest BCUT2D eigenvalue weighted by atomic mass is 10.1. The predicted molar refractivity (Wildman–Crippen MR) is 89.5 cm³/mol. The molecule has 23 heavy (non-hydrogen) atoms. The monoisotopic (exact) mass is 310 g/mol. The van der Waals surface area contributed by atoms with Gasteiger partial charge in [-0.2, -0.15) is 0 Å². The first kappa shape index (κ1) is 15.0. The standard InChI is InChI=1S/C17H18N4O2/c1-11-6-7-14-13(9-11)19-12(2)17(23)21(14)10-16(22)20-15-5-3-4-8-18-15/h3-9,12,19H,10H2,1-2H3,(H,18,20,22). The van der Waals surface area contributed by atoms with Crippen LogP contribution in [-0.2, 0) is 9.59 Å². The van der Waals surface area contributed by atoms with Crippen molar-refractivity contribution in [2.75, 3.05) is 22.1 Å². The molecule has 0 aliphatic carbocycles. The minimum absolute atomic E-state index is 0.0442. The molecular weight excluding hydrogens is 292 g/mol. The van der Waals surface area contributed by atoms with E-state index in [2.05, 4.69) is 15.6 Å². The van der Waals surface area contributed by atoms with Gasteiger partial charge in [0.25, 0.3) is 0 Å². The molecule has 6 heteroatoms. The zero-order valence-electron chi connectivity index (χ0n) is 13.0. The highest BCUT2D eigenvalue weighted by Gasteiger charge is 2.30. The average Bonchev–Trinajstić information content (AvgIpc) is 2.52. The predicted octanol–water partition coefficient (Wildman–Crippen LogP) is 2.18. The number of nitrogens with zero attached hydrogens (tertiary/aromatic N) is 2. The molecule has 0 spiro atoms. The number of rotatable bonds is 3. The summed E-state index contributed by atoms with van der Waals surface area (Å²) in [5.41, 5.74) is 2.67. The summed E-state index contributed by atoms with van der Waals surface area (Å²) in [6.45, 7) is 3.73. The Morgan fingerprint density at radius 3 is 2.91 bits per heavy atom. The summed E-state index contributed by atoms with van der Waals surface area (Å²) in [5.74, 6) is 0.0625. The van der Waals surface area contributed by atoms with Gasteiger partial charge in [-0.1, -0.05) is 12.1 Å². The third kappa shape index (κ3) is 3.15. The summed E-state index contributed by atoms with van der Waals surface area (Å²) in [6, 6.07) is 10.7. The molecule has 1 aromatic heterocycles. The third-order valence-electron chi connectivity index (χ3n) is 3.69. The Bertz CT molecular complexity index is 746. The van der Waals surface area contributed by atoms with Gasteiger partial charge in [0.05, 0.1) is 11.4 Å². The SMILES string of the molecule is Cc1ccc2c(c1)NC(C)C(=O)N2CC(=O)Nc1ccccn1. The van der Waals surface area contributed by atoms with E-state index < -0.39 is 0 Å². The fraction of sp³-hybridized carbons (Fsp3) is 0.235. The van der Waals surface area contributed by atoms with Gasteiger partial charge in [0.15, 0.2) is 0 Å². The molecular formula is C17H18N4O2. The Morgan fingerprint density at radius 1 is 1.35 bits per heavy atom. The molecule has 2 aromatic rings. The van der Waals surface area contributed by atoms with Gasteiger partial charge in [0, 0.05) is 6.20 Å². The second kappa shape index (κ2) is 6.08. The van der Waals surface area contributed by atoms with Gasteiger partial charge < -0.3 is 10.6 Å². The number of aryl methyl sites for hydroxylation is 1. The highest BCUT2D eigenvalue weighted by Crippen LogP contribution is 2.32. The molecule has 0 saturated carbocycles. The van der Waals surface area contributed by atoms with E-state index in [1.54, 1.807) is 31.3 Å². The van der Waals surface area contributed by atoms with Crippen LogP contribution in [0.3, 0.4) is 0 Å². The van der Waals surface area contributed by atoms with Crippen molar-refractivity contribution in [1.82, 2.24) is 4.98 Å². The van der Waals surface area contributed by atoms with Crippen molar-refractivity contribution in [3.63, 3.8) is 0 Å². The van der Waals surface area contributed by atoms with E-state index in [1.807, 2.05) is 25.1 Å². The summed E-state index contributed by atoms with van der Waals surface area (Å²) in [7, 11) is 0. The molecule has 1 atom stereocenters. The summed E-state index contributed by atoms with van der Waals surface area (Å²) in [4.78, 5) is 30.2. The van der Waals surface area contributed by atoms with E-state index in [9.17, 15) is 9.59 Å². The summed E-state index contributed by atoms with van der Waals surface area (Å²) in [5, 5.41) is 5.87. The van der Waals surface area contributed by atoms with Crippen LogP contribution in [0, 0.1) is 6.92 Å². The highest BCUT2D eigenvalue weighted by molar-refractivity contribution is 6.09. The molecule has 0 radical (unpaired) electrons. The van der Waals surface area contributed by atoms with Crippen molar-refractivity contribution in [2.45, 2.75) is 19.9 Å². The summed E-state index contributed by atoms with van der Waals surface area (Å²) >= 11 is 0. The second-order valence-corrected chi connectivity index (χ2v) is 5.57. The van der Waals surface area contributed by atoms with Crippen molar-refractivity contribution in [1.29, 1.82) is 0 Å². The maximum atomic E-state index is 12.4. The molecule has 3 rings (SSSR count). The number of hydrogen-bond donors (Lipinski definition) is 2. The number of nitrogens with one attached hydrogen (secondary N) is 2. The molecule has 2 N–H and O–H groups in total. The first-order chi connectivity index (χ1) is 11.0. The number of hydrogen-bond acceptors (Lipinski definition) is 4. The van der Waals surface area contributed by atoms with Gasteiger partial charge in [0.1, 0.15) is 18.4 Å². The number of anilines is 3. The molecule has 2 heterocycles. The van der Waals surface area contributed by atoms with Gasteiger partial charge >= 0.3 is 0 Å². The summed E-state index contributed by atoms with van der Waals surface area (Å²) < 4.78 is 0. The highest BCUT2D eigenvalue weighted by atomic mass is 16.2. The molecule has 1 aromatic carbocycles. The largest absolute Gasteiger partial charge is 0.372 e. The van der Waals surface area contributed by atoms with Crippen LogP contribution < -0.4 is 15.5 Å². The first-order valence-corrected chi connectivity index (χ1v) is 7.44. The van der Waals surface area contributed by atoms with E-state index in [-0.39, 0.29) is 24.4 Å². The Morgan fingerprint density at radius 2 is 2.17 bits per heavy atom. The second-order valence-electron chi connectivity index (χ2n) is 5.57. The topological polar surface area (TPSA) is 74.3 Å². The van der Waals surface area contributed by atoms with Crippen LogP contribution in [-0.4, -0.2) is 29.4 Å². The van der Waals surface area contributed by atoms with Crippen LogP contribution in [0.4, 0.5) is 17.2 Å². The average molecular weight is 310 g/mol. The van der Waals surface area contributed by atoms with Gasteiger partial charge in [0.2, 0.25) is 11.8 Å². The van der Waals surface area contributed by atoms with Crippen LogP contribution in [0.15, 0.2) is 42.6 Å². The number of pyridine rings is 1. The zero-order valence-corrected chi connectivity index (χ0v) is 13.0. The Kier molecular flexibility index (Phi) is 3.97. The van der Waals surface area contributed by atoms with Gasteiger partial charge in [-0.3, -0.25) is 14.5 Å². The summed E-state index contributed by atoms with van der Waals surface area (Å²) in [6.07, 6.45) is 1.60. The van der Waals surface area contributed by atoms with E-state index >= 15 is 0 Å². The maximum Gasteiger partial charge on any atom is 0.249 e. The van der Waals surface area contributed by atoms with Crippen molar-refractivity contribution in [3.05, 3.63) is 48.2 Å². The van der Waals surface area contributed by atoms with Crippen LogP contribution in [0.5, 0.6) is 0 Å². The van der Waals surface area contributed by atoms with Gasteiger partial charge in [-0.05, 0) is 43.7 Å². The van der Waals surface area contributed by atoms with Gasteiger partial charge in [-0.15, -0.1) is 0 Å². The minimum Gasteiger partial charge on any atom is -0.372 e. The fourth-order valence-electron chi connectivity index (χ4n) is 2.57. The normalized spacial score (nSPS) is 16.5. The first-order valence-electron chi connectivity index (χ1n) is 7.44. The number of amides is 2. The maximum absolute atomic E-state index is 12.4. The number of carbonyl (C=O) groups excluding carboxylic acids is 2. The van der Waals surface area contributed by atoms with Crippen LogP contribution in [0.2, 0.25) is 0 Å². The lowest BCUT2D eigenvalue weighted by Gasteiger charge is -2.33.